The number of nitrogens with zero attached hydrogens (tertiary/aromatic N) is 1. The highest BCUT2D eigenvalue weighted by Crippen LogP contribution is 2.29. The Balaban J connectivity index is 1.76. The van der Waals surface area contributed by atoms with Crippen molar-refractivity contribution >= 4 is 0 Å². The Morgan fingerprint density at radius 2 is 1.63 bits per heavy atom. The molecule has 2 rings (SSSR count). The topological polar surface area (TPSA) is 40.2 Å². The zero-order valence-corrected chi connectivity index (χ0v) is 15.8. The van der Waals surface area contributed by atoms with E-state index in [9.17, 15) is 8.78 Å². The van der Waals surface area contributed by atoms with Gasteiger partial charge in [0, 0.05) is 13.1 Å². The summed E-state index contributed by atoms with van der Waals surface area (Å²) in [5.41, 5.74) is 0.951. The van der Waals surface area contributed by atoms with Gasteiger partial charge < -0.3 is 23.8 Å². The molecule has 7 heteroatoms. The second-order valence-corrected chi connectivity index (χ2v) is 5.98. The number of methoxy groups -OCH3 is 2. The van der Waals surface area contributed by atoms with Crippen molar-refractivity contribution in [2.75, 3.05) is 34.4 Å². The molecule has 0 saturated carbocycles. The maximum Gasteiger partial charge on any atom is 0.387 e. The molecule has 0 bridgehead atoms. The van der Waals surface area contributed by atoms with Gasteiger partial charge in [-0.05, 0) is 55.4 Å². The summed E-state index contributed by atoms with van der Waals surface area (Å²) in [6, 6.07) is 12.4. The SMILES string of the molecule is COc1ccc(OCCCN(C)Cc2ccc(OC(F)F)c(OC)c2)cc1. The molecule has 0 spiro atoms. The van der Waals surface area contributed by atoms with Crippen molar-refractivity contribution in [3.05, 3.63) is 48.0 Å². The van der Waals surface area contributed by atoms with Crippen molar-refractivity contribution in [3.63, 3.8) is 0 Å². The van der Waals surface area contributed by atoms with E-state index < -0.39 is 6.61 Å². The molecule has 0 atom stereocenters. The molecule has 0 saturated heterocycles. The first-order valence-corrected chi connectivity index (χ1v) is 8.59. The van der Waals surface area contributed by atoms with Crippen LogP contribution < -0.4 is 18.9 Å². The van der Waals surface area contributed by atoms with Gasteiger partial charge in [-0.25, -0.2) is 0 Å². The van der Waals surface area contributed by atoms with E-state index in [0.717, 1.165) is 30.0 Å². The van der Waals surface area contributed by atoms with Crippen LogP contribution in [0.15, 0.2) is 42.5 Å². The highest BCUT2D eigenvalue weighted by molar-refractivity contribution is 5.43. The summed E-state index contributed by atoms with van der Waals surface area (Å²) < 4.78 is 45.1. The van der Waals surface area contributed by atoms with Crippen LogP contribution in [0.2, 0.25) is 0 Å². The molecule has 0 unspecified atom stereocenters. The molecule has 2 aromatic carbocycles. The molecule has 27 heavy (non-hydrogen) atoms. The van der Waals surface area contributed by atoms with E-state index in [1.807, 2.05) is 31.3 Å². The fraction of sp³-hybridized carbons (Fsp3) is 0.400. The number of hydrogen-bond donors (Lipinski definition) is 0. The van der Waals surface area contributed by atoms with Crippen molar-refractivity contribution in [2.24, 2.45) is 0 Å². The van der Waals surface area contributed by atoms with Gasteiger partial charge >= 0.3 is 6.61 Å². The molecule has 5 nitrogen and oxygen atoms in total. The average Bonchev–Trinajstić information content (AvgIpc) is 2.66. The molecule has 0 aliphatic rings. The lowest BCUT2D eigenvalue weighted by molar-refractivity contribution is -0.0512. The monoisotopic (exact) mass is 381 g/mol. The van der Waals surface area contributed by atoms with E-state index in [0.29, 0.717) is 18.9 Å². The average molecular weight is 381 g/mol. The Morgan fingerprint density at radius 3 is 2.26 bits per heavy atom. The summed E-state index contributed by atoms with van der Waals surface area (Å²) in [5, 5.41) is 0. The Labute approximate surface area is 158 Å². The number of benzene rings is 2. The van der Waals surface area contributed by atoms with Gasteiger partial charge in [-0.3, -0.25) is 0 Å². The minimum Gasteiger partial charge on any atom is -0.497 e. The van der Waals surface area contributed by atoms with E-state index >= 15 is 0 Å². The number of rotatable bonds is 11. The first kappa shape index (κ1) is 20.8. The summed E-state index contributed by atoms with van der Waals surface area (Å²) in [4.78, 5) is 2.12. The van der Waals surface area contributed by atoms with Crippen molar-refractivity contribution in [1.29, 1.82) is 0 Å². The van der Waals surface area contributed by atoms with Crippen molar-refractivity contribution in [3.8, 4) is 23.0 Å². The van der Waals surface area contributed by atoms with Crippen LogP contribution in [-0.2, 0) is 6.54 Å². The Kier molecular flexibility index (Phi) is 8.13. The van der Waals surface area contributed by atoms with E-state index in [1.165, 1.54) is 13.2 Å². The van der Waals surface area contributed by atoms with Gasteiger partial charge in [0.05, 0.1) is 20.8 Å². The van der Waals surface area contributed by atoms with E-state index in [2.05, 4.69) is 9.64 Å². The van der Waals surface area contributed by atoms with Gasteiger partial charge in [0.15, 0.2) is 11.5 Å². The number of halogens is 2. The molecular weight excluding hydrogens is 356 g/mol. The summed E-state index contributed by atoms with van der Waals surface area (Å²) in [6.07, 6.45) is 0.853. The largest absolute Gasteiger partial charge is 0.497 e. The normalized spacial score (nSPS) is 10.9. The standard InChI is InChI=1S/C20H25F2NO4/c1-23(11-4-12-26-17-8-6-16(24-2)7-9-17)14-15-5-10-18(27-20(21)22)19(13-15)25-3/h5-10,13,20H,4,11-12,14H2,1-3H3. The van der Waals surface area contributed by atoms with E-state index in [4.69, 9.17) is 14.2 Å². The third-order valence-corrected chi connectivity index (χ3v) is 3.91. The van der Waals surface area contributed by atoms with Crippen LogP contribution >= 0.6 is 0 Å². The van der Waals surface area contributed by atoms with Gasteiger partial charge in [0.2, 0.25) is 0 Å². The lowest BCUT2D eigenvalue weighted by atomic mass is 10.2. The van der Waals surface area contributed by atoms with Crippen LogP contribution in [0.3, 0.4) is 0 Å². The number of alkyl halides is 2. The summed E-state index contributed by atoms with van der Waals surface area (Å²) in [6.45, 7) is -0.791. The molecule has 0 radical (unpaired) electrons. The van der Waals surface area contributed by atoms with Crippen molar-refractivity contribution < 1.29 is 27.7 Å². The van der Waals surface area contributed by atoms with Crippen LogP contribution in [0.4, 0.5) is 8.78 Å². The Bertz CT molecular complexity index is 695. The number of ether oxygens (including phenoxy) is 4. The van der Waals surface area contributed by atoms with Crippen LogP contribution in [0.5, 0.6) is 23.0 Å². The molecule has 0 N–H and O–H groups in total. The second kappa shape index (κ2) is 10.6. The van der Waals surface area contributed by atoms with Gasteiger partial charge in [-0.2, -0.15) is 8.78 Å². The molecule has 0 aliphatic heterocycles. The lowest BCUT2D eigenvalue weighted by Gasteiger charge is -2.18. The predicted octanol–water partition coefficient (Wildman–Crippen LogP) is 4.21. The molecule has 0 heterocycles. The lowest BCUT2D eigenvalue weighted by Crippen LogP contribution is -2.20. The summed E-state index contributed by atoms with van der Waals surface area (Å²) >= 11 is 0. The van der Waals surface area contributed by atoms with E-state index in [1.54, 1.807) is 19.2 Å². The van der Waals surface area contributed by atoms with Crippen molar-refractivity contribution in [1.82, 2.24) is 4.90 Å². The minimum atomic E-state index is -2.88. The smallest absolute Gasteiger partial charge is 0.387 e. The quantitative estimate of drug-likeness (QED) is 0.546. The third kappa shape index (κ3) is 6.94. The van der Waals surface area contributed by atoms with E-state index in [-0.39, 0.29) is 5.75 Å². The second-order valence-electron chi connectivity index (χ2n) is 5.98. The minimum absolute atomic E-state index is 0.0341. The summed E-state index contributed by atoms with van der Waals surface area (Å²) in [5.74, 6) is 1.93. The first-order chi connectivity index (χ1) is 13.0. The Hall–Kier alpha value is -2.54. The third-order valence-electron chi connectivity index (χ3n) is 3.91. The fourth-order valence-corrected chi connectivity index (χ4v) is 2.59. The number of hydrogen-bond acceptors (Lipinski definition) is 5. The zero-order valence-electron chi connectivity index (χ0n) is 15.8. The molecule has 0 aliphatic carbocycles. The van der Waals surface area contributed by atoms with Crippen LogP contribution in [-0.4, -0.2) is 45.9 Å². The maximum atomic E-state index is 12.4. The summed E-state index contributed by atoms with van der Waals surface area (Å²) in [7, 11) is 5.04. The van der Waals surface area contributed by atoms with Crippen LogP contribution in [0, 0.1) is 0 Å². The van der Waals surface area contributed by atoms with Gasteiger partial charge in [0.1, 0.15) is 11.5 Å². The molecular formula is C20H25F2NO4. The molecule has 2 aromatic rings. The molecule has 148 valence electrons. The van der Waals surface area contributed by atoms with Gasteiger partial charge in [-0.15, -0.1) is 0 Å². The molecule has 0 amide bonds. The molecule has 0 aromatic heterocycles. The highest BCUT2D eigenvalue weighted by atomic mass is 19.3. The van der Waals surface area contributed by atoms with Crippen molar-refractivity contribution in [2.45, 2.75) is 19.6 Å². The van der Waals surface area contributed by atoms with Gasteiger partial charge in [-0.1, -0.05) is 6.07 Å². The van der Waals surface area contributed by atoms with Crippen LogP contribution in [0.25, 0.3) is 0 Å². The fourth-order valence-electron chi connectivity index (χ4n) is 2.59. The first-order valence-electron chi connectivity index (χ1n) is 8.59. The maximum absolute atomic E-state index is 12.4. The predicted molar refractivity (Wildman–Crippen MR) is 99.1 cm³/mol. The zero-order chi connectivity index (χ0) is 19.6. The van der Waals surface area contributed by atoms with Gasteiger partial charge in [0.25, 0.3) is 0 Å². The molecule has 0 fully saturated rings. The highest BCUT2D eigenvalue weighted by Gasteiger charge is 2.11. The Morgan fingerprint density at radius 1 is 0.926 bits per heavy atom. The van der Waals surface area contributed by atoms with Crippen LogP contribution in [0.1, 0.15) is 12.0 Å².